The number of fused-ring (bicyclic) bond motifs is 1. The Morgan fingerprint density at radius 1 is 1.54 bits per heavy atom. The van der Waals surface area contributed by atoms with E-state index < -0.39 is 5.91 Å². The number of pyridine rings is 1. The van der Waals surface area contributed by atoms with Crippen LogP contribution in [-0.2, 0) is 0 Å². The first kappa shape index (κ1) is 7.79. The van der Waals surface area contributed by atoms with Crippen LogP contribution in [0.15, 0.2) is 24.4 Å². The number of nitrogens with zero attached hydrogens (tertiary/aromatic N) is 2. The van der Waals surface area contributed by atoms with Crippen molar-refractivity contribution in [3.63, 3.8) is 0 Å². The fourth-order valence-corrected chi connectivity index (χ4v) is 1.41. The van der Waals surface area contributed by atoms with E-state index in [2.05, 4.69) is 4.98 Å². The molecule has 2 aromatic rings. The molecule has 0 saturated carbocycles. The van der Waals surface area contributed by atoms with Crippen LogP contribution in [0.2, 0.25) is 0 Å². The zero-order chi connectivity index (χ0) is 9.42. The fourth-order valence-electron chi connectivity index (χ4n) is 1.41. The molecule has 2 rings (SSSR count). The van der Waals surface area contributed by atoms with Gasteiger partial charge in [0.05, 0.1) is 5.69 Å². The first-order valence-corrected chi connectivity index (χ1v) is 3.93. The Morgan fingerprint density at radius 3 is 3.00 bits per heavy atom. The fraction of sp³-hybridized carbons (Fsp3) is 0.111. The van der Waals surface area contributed by atoms with Gasteiger partial charge in [-0.1, -0.05) is 6.07 Å². The van der Waals surface area contributed by atoms with E-state index >= 15 is 0 Å². The quantitative estimate of drug-likeness (QED) is 0.694. The minimum absolute atomic E-state index is 0.448. The third-order valence-corrected chi connectivity index (χ3v) is 1.94. The molecule has 2 aromatic heterocycles. The van der Waals surface area contributed by atoms with Crippen molar-refractivity contribution in [3.05, 3.63) is 35.8 Å². The van der Waals surface area contributed by atoms with E-state index in [1.165, 1.54) is 0 Å². The lowest BCUT2D eigenvalue weighted by atomic mass is 10.3. The van der Waals surface area contributed by atoms with Gasteiger partial charge in [0.1, 0.15) is 11.3 Å². The summed E-state index contributed by atoms with van der Waals surface area (Å²) in [6, 6.07) is 5.53. The van der Waals surface area contributed by atoms with Crippen LogP contribution in [0, 0.1) is 6.92 Å². The van der Waals surface area contributed by atoms with Crippen molar-refractivity contribution in [3.8, 4) is 0 Å². The molecular formula is C9H9N3O. The van der Waals surface area contributed by atoms with Crippen LogP contribution in [0.25, 0.3) is 5.65 Å². The van der Waals surface area contributed by atoms with Crippen molar-refractivity contribution in [2.45, 2.75) is 6.92 Å². The number of aryl methyl sites for hydroxylation is 1. The van der Waals surface area contributed by atoms with Gasteiger partial charge in [-0.05, 0) is 19.1 Å². The molecule has 66 valence electrons. The molecule has 2 heterocycles. The first-order chi connectivity index (χ1) is 6.20. The molecule has 0 spiro atoms. The maximum absolute atomic E-state index is 11.1. The summed E-state index contributed by atoms with van der Waals surface area (Å²) in [6.07, 6.45) is 1.77. The zero-order valence-electron chi connectivity index (χ0n) is 7.19. The molecular weight excluding hydrogens is 166 g/mol. The Labute approximate surface area is 75.0 Å². The van der Waals surface area contributed by atoms with Gasteiger partial charge in [-0.3, -0.25) is 9.20 Å². The summed E-state index contributed by atoms with van der Waals surface area (Å²) in [5.74, 6) is -0.448. The highest BCUT2D eigenvalue weighted by molar-refractivity contribution is 5.93. The molecule has 0 bridgehead atoms. The normalized spacial score (nSPS) is 10.5. The van der Waals surface area contributed by atoms with Gasteiger partial charge in [0, 0.05) is 6.20 Å². The maximum Gasteiger partial charge on any atom is 0.267 e. The van der Waals surface area contributed by atoms with Crippen molar-refractivity contribution >= 4 is 11.6 Å². The van der Waals surface area contributed by atoms with Crippen molar-refractivity contribution in [2.75, 3.05) is 0 Å². The van der Waals surface area contributed by atoms with Gasteiger partial charge in [0.15, 0.2) is 0 Å². The van der Waals surface area contributed by atoms with Gasteiger partial charge in [-0.15, -0.1) is 0 Å². The summed E-state index contributed by atoms with van der Waals surface area (Å²) in [4.78, 5) is 15.3. The van der Waals surface area contributed by atoms with Gasteiger partial charge >= 0.3 is 0 Å². The highest BCUT2D eigenvalue weighted by Gasteiger charge is 2.11. The van der Waals surface area contributed by atoms with E-state index in [-0.39, 0.29) is 0 Å². The second-order valence-corrected chi connectivity index (χ2v) is 2.84. The Morgan fingerprint density at radius 2 is 2.31 bits per heavy atom. The minimum Gasteiger partial charge on any atom is -0.364 e. The molecule has 0 aromatic carbocycles. The van der Waals surface area contributed by atoms with E-state index in [1.807, 2.05) is 18.2 Å². The molecule has 0 aliphatic heterocycles. The number of imidazole rings is 1. The van der Waals surface area contributed by atoms with Crippen LogP contribution in [0.5, 0.6) is 0 Å². The number of primary amides is 1. The highest BCUT2D eigenvalue weighted by atomic mass is 16.1. The van der Waals surface area contributed by atoms with E-state index in [4.69, 9.17) is 5.73 Å². The average Bonchev–Trinajstić information content (AvgIpc) is 2.39. The predicted molar refractivity (Wildman–Crippen MR) is 48.4 cm³/mol. The molecule has 1 amide bonds. The highest BCUT2D eigenvalue weighted by Crippen LogP contribution is 2.10. The van der Waals surface area contributed by atoms with E-state index in [0.717, 1.165) is 5.65 Å². The van der Waals surface area contributed by atoms with Crippen molar-refractivity contribution in [1.82, 2.24) is 9.38 Å². The number of hydrogen-bond acceptors (Lipinski definition) is 2. The Kier molecular flexibility index (Phi) is 1.55. The summed E-state index contributed by atoms with van der Waals surface area (Å²) < 4.78 is 1.69. The van der Waals surface area contributed by atoms with Gasteiger partial charge < -0.3 is 5.73 Å². The van der Waals surface area contributed by atoms with Crippen LogP contribution in [0.1, 0.15) is 16.2 Å². The number of carbonyl (C=O) groups excluding carboxylic acids is 1. The van der Waals surface area contributed by atoms with Crippen molar-refractivity contribution in [2.24, 2.45) is 5.73 Å². The number of aromatic nitrogens is 2. The van der Waals surface area contributed by atoms with E-state index in [0.29, 0.717) is 11.4 Å². The summed E-state index contributed by atoms with van der Waals surface area (Å²) >= 11 is 0. The van der Waals surface area contributed by atoms with E-state index in [9.17, 15) is 4.79 Å². The van der Waals surface area contributed by atoms with Crippen LogP contribution < -0.4 is 5.73 Å². The predicted octanol–water partition coefficient (Wildman–Crippen LogP) is 0.742. The molecule has 0 aliphatic rings. The Balaban J connectivity index is 2.86. The molecule has 0 radical (unpaired) electrons. The van der Waals surface area contributed by atoms with Crippen molar-refractivity contribution < 1.29 is 4.79 Å². The van der Waals surface area contributed by atoms with Gasteiger partial charge in [-0.25, -0.2) is 4.98 Å². The lowest BCUT2D eigenvalue weighted by Crippen LogP contribution is -2.14. The lowest BCUT2D eigenvalue weighted by Gasteiger charge is -1.95. The molecule has 2 N–H and O–H groups in total. The third kappa shape index (κ3) is 1.07. The van der Waals surface area contributed by atoms with Crippen LogP contribution in [0.3, 0.4) is 0 Å². The first-order valence-electron chi connectivity index (χ1n) is 3.93. The summed E-state index contributed by atoms with van der Waals surface area (Å²) in [5.41, 5.74) is 7.09. The molecule has 0 fully saturated rings. The molecule has 0 saturated heterocycles. The Bertz CT molecular complexity index is 473. The van der Waals surface area contributed by atoms with Gasteiger partial charge in [0.25, 0.3) is 5.91 Å². The maximum atomic E-state index is 11.1. The lowest BCUT2D eigenvalue weighted by molar-refractivity contribution is 0.0994. The van der Waals surface area contributed by atoms with Crippen molar-refractivity contribution in [1.29, 1.82) is 0 Å². The van der Waals surface area contributed by atoms with E-state index in [1.54, 1.807) is 17.5 Å². The largest absolute Gasteiger partial charge is 0.364 e. The number of carbonyl (C=O) groups is 1. The molecule has 4 nitrogen and oxygen atoms in total. The molecule has 0 aliphatic carbocycles. The second kappa shape index (κ2) is 2.58. The number of hydrogen-bond donors (Lipinski definition) is 1. The average molecular weight is 175 g/mol. The number of rotatable bonds is 1. The second-order valence-electron chi connectivity index (χ2n) is 2.84. The van der Waals surface area contributed by atoms with Gasteiger partial charge in [0.2, 0.25) is 0 Å². The molecule has 0 atom stereocenters. The standard InChI is InChI=1S/C9H9N3O/c1-6-8(9(10)13)12-5-3-2-4-7(12)11-6/h2-5H,1H3,(H2,10,13). The summed E-state index contributed by atoms with van der Waals surface area (Å²) in [5, 5.41) is 0. The topological polar surface area (TPSA) is 60.4 Å². The van der Waals surface area contributed by atoms with Crippen LogP contribution in [-0.4, -0.2) is 15.3 Å². The monoisotopic (exact) mass is 175 g/mol. The third-order valence-electron chi connectivity index (χ3n) is 1.94. The molecule has 4 heteroatoms. The summed E-state index contributed by atoms with van der Waals surface area (Å²) in [6.45, 7) is 1.77. The number of amides is 1. The Hall–Kier alpha value is -1.84. The van der Waals surface area contributed by atoms with Gasteiger partial charge in [-0.2, -0.15) is 0 Å². The minimum atomic E-state index is -0.448. The summed E-state index contributed by atoms with van der Waals surface area (Å²) in [7, 11) is 0. The van der Waals surface area contributed by atoms with Crippen LogP contribution in [0.4, 0.5) is 0 Å². The smallest absolute Gasteiger partial charge is 0.267 e. The zero-order valence-corrected chi connectivity index (χ0v) is 7.19. The molecule has 0 unspecified atom stereocenters. The SMILES string of the molecule is Cc1nc2ccccn2c1C(N)=O. The molecule has 13 heavy (non-hydrogen) atoms. The van der Waals surface area contributed by atoms with Crippen LogP contribution >= 0.6 is 0 Å². The number of nitrogens with two attached hydrogens (primary N) is 1.